The Balaban J connectivity index is 0.00000169. The van der Waals surface area contributed by atoms with Gasteiger partial charge in [-0.2, -0.15) is 5.10 Å². The molecule has 0 atom stereocenters. The van der Waals surface area contributed by atoms with Crippen molar-refractivity contribution < 1.29 is 6.22 Å². The van der Waals surface area contributed by atoms with Crippen LogP contribution >= 0.6 is 0 Å². The first-order valence-electron chi connectivity index (χ1n) is 4.20. The van der Waals surface area contributed by atoms with Crippen LogP contribution in [-0.4, -0.2) is 23.2 Å². The number of nitrogens with one attached hydrogen (secondary N) is 1. The quantitative estimate of drug-likeness (QED) is 0.746. The van der Waals surface area contributed by atoms with E-state index in [1.54, 1.807) is 19.3 Å². The standard InChI is InChI=1S/C9H13N3O.H2/c1-6(2)7-4-8(9(13)10-3)12-11-5-7;/h4-6H,1-3H3,(H,10,13);1H. The Morgan fingerprint density at radius 3 is 2.85 bits per heavy atom. The molecule has 0 radical (unpaired) electrons. The van der Waals surface area contributed by atoms with Crippen molar-refractivity contribution in [2.45, 2.75) is 19.8 Å². The summed E-state index contributed by atoms with van der Waals surface area (Å²) in [6.07, 6.45) is 1.68. The SMILES string of the molecule is CNC(=O)c1cc(C(C)C)cnn1.[HH]. The van der Waals surface area contributed by atoms with E-state index < -0.39 is 0 Å². The van der Waals surface area contributed by atoms with Crippen LogP contribution in [0.5, 0.6) is 0 Å². The lowest BCUT2D eigenvalue weighted by atomic mass is 10.1. The van der Waals surface area contributed by atoms with Gasteiger partial charge in [0.2, 0.25) is 0 Å². The molecule has 0 aliphatic carbocycles. The third-order valence-corrected chi connectivity index (χ3v) is 1.80. The molecule has 4 nitrogen and oxygen atoms in total. The van der Waals surface area contributed by atoms with Crippen LogP contribution in [0, 0.1) is 0 Å². The predicted octanol–water partition coefficient (Wildman–Crippen LogP) is 1.21. The van der Waals surface area contributed by atoms with E-state index >= 15 is 0 Å². The van der Waals surface area contributed by atoms with E-state index in [1.807, 2.05) is 13.8 Å². The number of aromatic nitrogens is 2. The number of amides is 1. The molecule has 1 aromatic rings. The highest BCUT2D eigenvalue weighted by Crippen LogP contribution is 2.12. The van der Waals surface area contributed by atoms with Crippen LogP contribution in [-0.2, 0) is 0 Å². The summed E-state index contributed by atoms with van der Waals surface area (Å²) in [5.41, 5.74) is 1.39. The van der Waals surface area contributed by atoms with Crippen molar-refractivity contribution in [1.29, 1.82) is 0 Å². The maximum atomic E-state index is 11.2. The molecule has 13 heavy (non-hydrogen) atoms. The maximum absolute atomic E-state index is 11.2. The Bertz CT molecular complexity index is 315. The normalized spacial score (nSPS) is 10.2. The zero-order valence-electron chi connectivity index (χ0n) is 8.03. The first-order chi connectivity index (χ1) is 6.15. The van der Waals surface area contributed by atoms with Gasteiger partial charge in [0, 0.05) is 8.47 Å². The second-order valence-electron chi connectivity index (χ2n) is 3.11. The van der Waals surface area contributed by atoms with Gasteiger partial charge in [-0.1, -0.05) is 13.8 Å². The Kier molecular flexibility index (Phi) is 2.95. The van der Waals surface area contributed by atoms with E-state index in [0.717, 1.165) is 5.56 Å². The molecular weight excluding hydrogens is 166 g/mol. The van der Waals surface area contributed by atoms with Gasteiger partial charge in [0.1, 0.15) is 0 Å². The second kappa shape index (κ2) is 3.98. The largest absolute Gasteiger partial charge is 0.354 e. The number of carbonyl (C=O) groups is 1. The highest BCUT2D eigenvalue weighted by Gasteiger charge is 2.07. The maximum Gasteiger partial charge on any atom is 0.271 e. The zero-order chi connectivity index (χ0) is 9.84. The summed E-state index contributed by atoms with van der Waals surface area (Å²) in [5, 5.41) is 10.0. The fraction of sp³-hybridized carbons (Fsp3) is 0.444. The smallest absolute Gasteiger partial charge is 0.271 e. The van der Waals surface area contributed by atoms with Crippen LogP contribution in [0.1, 0.15) is 37.2 Å². The fourth-order valence-corrected chi connectivity index (χ4v) is 0.937. The van der Waals surface area contributed by atoms with Gasteiger partial charge in [-0.15, -0.1) is 5.10 Å². The molecule has 4 heteroatoms. The van der Waals surface area contributed by atoms with Gasteiger partial charge in [-0.25, -0.2) is 0 Å². The van der Waals surface area contributed by atoms with E-state index in [4.69, 9.17) is 0 Å². The minimum atomic E-state index is -0.199. The van der Waals surface area contributed by atoms with Crippen LogP contribution in [0.3, 0.4) is 0 Å². The Morgan fingerprint density at radius 2 is 2.31 bits per heavy atom. The fourth-order valence-electron chi connectivity index (χ4n) is 0.937. The second-order valence-corrected chi connectivity index (χ2v) is 3.11. The molecule has 0 aliphatic rings. The molecule has 72 valence electrons. The third-order valence-electron chi connectivity index (χ3n) is 1.80. The summed E-state index contributed by atoms with van der Waals surface area (Å²) in [4.78, 5) is 11.2. The summed E-state index contributed by atoms with van der Waals surface area (Å²) >= 11 is 0. The lowest BCUT2D eigenvalue weighted by molar-refractivity contribution is 0.0957. The van der Waals surface area contributed by atoms with Gasteiger partial charge in [0.05, 0.1) is 6.20 Å². The van der Waals surface area contributed by atoms with Crippen molar-refractivity contribution in [1.82, 2.24) is 15.5 Å². The average Bonchev–Trinajstić information content (AvgIpc) is 2.17. The highest BCUT2D eigenvalue weighted by atomic mass is 16.1. The lowest BCUT2D eigenvalue weighted by Gasteiger charge is -2.04. The lowest BCUT2D eigenvalue weighted by Crippen LogP contribution is -2.20. The van der Waals surface area contributed by atoms with E-state index in [2.05, 4.69) is 15.5 Å². The summed E-state index contributed by atoms with van der Waals surface area (Å²) in [5.74, 6) is 0.161. The average molecular weight is 181 g/mol. The molecule has 1 aromatic heterocycles. The van der Waals surface area contributed by atoms with Gasteiger partial charge in [0.15, 0.2) is 5.69 Å². The first kappa shape index (κ1) is 9.64. The van der Waals surface area contributed by atoms with Crippen molar-refractivity contribution in [3.63, 3.8) is 0 Å². The van der Waals surface area contributed by atoms with E-state index in [-0.39, 0.29) is 7.33 Å². The minimum Gasteiger partial charge on any atom is -0.354 e. The Labute approximate surface area is 78.9 Å². The Morgan fingerprint density at radius 1 is 1.62 bits per heavy atom. The van der Waals surface area contributed by atoms with E-state index in [9.17, 15) is 4.79 Å². The van der Waals surface area contributed by atoms with Gasteiger partial charge in [0.25, 0.3) is 5.91 Å². The number of hydrogen-bond donors (Lipinski definition) is 1. The van der Waals surface area contributed by atoms with Crippen LogP contribution in [0.2, 0.25) is 0 Å². The summed E-state index contributed by atoms with van der Waals surface area (Å²) in [6.45, 7) is 4.09. The molecule has 0 aromatic carbocycles. The molecule has 1 heterocycles. The number of carbonyl (C=O) groups excluding carboxylic acids is 1. The van der Waals surface area contributed by atoms with Gasteiger partial charge >= 0.3 is 0 Å². The molecule has 0 bridgehead atoms. The number of nitrogens with zero attached hydrogens (tertiary/aromatic N) is 2. The van der Waals surface area contributed by atoms with Crippen molar-refractivity contribution in [3.8, 4) is 0 Å². The van der Waals surface area contributed by atoms with Gasteiger partial charge in [-0.3, -0.25) is 4.79 Å². The van der Waals surface area contributed by atoms with Crippen molar-refractivity contribution in [2.24, 2.45) is 0 Å². The highest BCUT2D eigenvalue weighted by molar-refractivity contribution is 5.91. The molecule has 1 amide bonds. The molecule has 0 saturated carbocycles. The molecule has 0 fully saturated rings. The molecule has 0 spiro atoms. The topological polar surface area (TPSA) is 54.9 Å². The van der Waals surface area contributed by atoms with Crippen LogP contribution < -0.4 is 5.32 Å². The number of rotatable bonds is 2. The number of hydrogen-bond acceptors (Lipinski definition) is 3. The van der Waals surface area contributed by atoms with Crippen molar-refractivity contribution in [2.75, 3.05) is 7.05 Å². The first-order valence-corrected chi connectivity index (χ1v) is 4.20. The van der Waals surface area contributed by atoms with Crippen LogP contribution in [0.25, 0.3) is 0 Å². The molecule has 0 unspecified atom stereocenters. The molecule has 0 aliphatic heterocycles. The van der Waals surface area contributed by atoms with Gasteiger partial charge in [-0.05, 0) is 17.5 Å². The monoisotopic (exact) mass is 181 g/mol. The summed E-state index contributed by atoms with van der Waals surface area (Å²) < 4.78 is 0. The zero-order valence-corrected chi connectivity index (χ0v) is 8.03. The summed E-state index contributed by atoms with van der Waals surface area (Å²) in [7, 11) is 1.58. The van der Waals surface area contributed by atoms with Crippen LogP contribution in [0.15, 0.2) is 12.3 Å². The van der Waals surface area contributed by atoms with Crippen molar-refractivity contribution >= 4 is 5.91 Å². The van der Waals surface area contributed by atoms with E-state index in [0.29, 0.717) is 11.6 Å². The molecule has 1 N–H and O–H groups in total. The molecule has 1 rings (SSSR count). The molecular formula is C9H15N3O. The van der Waals surface area contributed by atoms with Gasteiger partial charge < -0.3 is 5.32 Å². The van der Waals surface area contributed by atoms with Crippen molar-refractivity contribution in [3.05, 3.63) is 23.5 Å². The van der Waals surface area contributed by atoms with E-state index in [1.165, 1.54) is 0 Å². The third kappa shape index (κ3) is 2.24. The molecule has 0 saturated heterocycles. The predicted molar refractivity (Wildman–Crippen MR) is 51.6 cm³/mol. The minimum absolute atomic E-state index is 0. The Hall–Kier alpha value is -1.45. The summed E-state index contributed by atoms with van der Waals surface area (Å²) in [6, 6.07) is 1.76. The van der Waals surface area contributed by atoms with Crippen LogP contribution in [0.4, 0.5) is 0 Å².